The van der Waals surface area contributed by atoms with Gasteiger partial charge in [-0.1, -0.05) is 19.1 Å². The second-order valence-electron chi connectivity index (χ2n) is 4.17. The summed E-state index contributed by atoms with van der Waals surface area (Å²) in [4.78, 5) is 1.05. The molecule has 0 aromatic heterocycles. The van der Waals surface area contributed by atoms with Crippen LogP contribution in [-0.4, -0.2) is 43.8 Å². The molecule has 0 saturated heterocycles. The van der Waals surface area contributed by atoms with Crippen LogP contribution in [0.1, 0.15) is 13.3 Å². The lowest BCUT2D eigenvalue weighted by Crippen LogP contribution is -2.22. The van der Waals surface area contributed by atoms with Gasteiger partial charge in [-0.05, 0) is 18.6 Å². The molecule has 0 heterocycles. The molecule has 4 nitrogen and oxygen atoms in total. The van der Waals surface area contributed by atoms with Gasteiger partial charge in [-0.2, -0.15) is 0 Å². The van der Waals surface area contributed by atoms with Crippen molar-refractivity contribution in [2.45, 2.75) is 28.4 Å². The molecule has 1 atom stereocenters. The van der Waals surface area contributed by atoms with Gasteiger partial charge in [0.05, 0.1) is 4.90 Å². The molecule has 0 aliphatic heterocycles. The normalized spacial score (nSPS) is 13.8. The van der Waals surface area contributed by atoms with Gasteiger partial charge in [0.1, 0.15) is 0 Å². The number of sulfonamides is 1. The third-order valence-corrected chi connectivity index (χ3v) is 5.72. The van der Waals surface area contributed by atoms with Crippen LogP contribution in [0.5, 0.6) is 0 Å². The van der Waals surface area contributed by atoms with E-state index < -0.39 is 10.0 Å². The summed E-state index contributed by atoms with van der Waals surface area (Å²) in [5, 5.41) is 9.07. The third kappa shape index (κ3) is 3.71. The van der Waals surface area contributed by atoms with Gasteiger partial charge in [-0.15, -0.1) is 11.8 Å². The Morgan fingerprint density at radius 1 is 1.33 bits per heavy atom. The molecule has 0 bridgehead atoms. The quantitative estimate of drug-likeness (QED) is 0.811. The zero-order valence-electron chi connectivity index (χ0n) is 10.8. The number of hydrogen-bond acceptors (Lipinski definition) is 4. The van der Waals surface area contributed by atoms with Gasteiger partial charge in [-0.3, -0.25) is 0 Å². The summed E-state index contributed by atoms with van der Waals surface area (Å²) in [6.45, 7) is 2.08. The first-order chi connectivity index (χ1) is 8.39. The minimum absolute atomic E-state index is 0.108. The predicted molar refractivity (Wildman–Crippen MR) is 74.3 cm³/mol. The first kappa shape index (κ1) is 15.5. The van der Waals surface area contributed by atoms with Crippen LogP contribution < -0.4 is 0 Å². The average Bonchev–Trinajstić information content (AvgIpc) is 2.29. The minimum Gasteiger partial charge on any atom is -0.396 e. The fourth-order valence-electron chi connectivity index (χ4n) is 1.41. The van der Waals surface area contributed by atoms with E-state index in [-0.39, 0.29) is 11.9 Å². The zero-order chi connectivity index (χ0) is 13.8. The molecule has 1 N–H and O–H groups in total. The molecule has 1 rings (SSSR count). The molecule has 1 aromatic carbocycles. The van der Waals surface area contributed by atoms with Crippen molar-refractivity contribution in [1.82, 2.24) is 4.31 Å². The van der Waals surface area contributed by atoms with E-state index in [2.05, 4.69) is 0 Å². The first-order valence-electron chi connectivity index (χ1n) is 5.68. The summed E-state index contributed by atoms with van der Waals surface area (Å²) >= 11 is 1.47. The Labute approximate surface area is 113 Å². The maximum atomic E-state index is 12.2. The Hall–Kier alpha value is -0.560. The van der Waals surface area contributed by atoms with E-state index in [0.29, 0.717) is 11.3 Å². The van der Waals surface area contributed by atoms with E-state index in [9.17, 15) is 8.42 Å². The van der Waals surface area contributed by atoms with Crippen LogP contribution in [0.15, 0.2) is 34.1 Å². The summed E-state index contributed by atoms with van der Waals surface area (Å²) in [5.74, 6) is 0. The van der Waals surface area contributed by atoms with Crippen LogP contribution in [0.3, 0.4) is 0 Å². The lowest BCUT2D eigenvalue weighted by Gasteiger charge is -2.16. The van der Waals surface area contributed by atoms with Crippen LogP contribution in [0.4, 0.5) is 0 Å². The largest absolute Gasteiger partial charge is 0.396 e. The second kappa shape index (κ2) is 6.56. The Balaban J connectivity index is 3.08. The van der Waals surface area contributed by atoms with Crippen LogP contribution in [0, 0.1) is 0 Å². The third-order valence-electron chi connectivity index (χ3n) is 2.47. The van der Waals surface area contributed by atoms with E-state index in [0.717, 1.165) is 4.90 Å². The van der Waals surface area contributed by atoms with Crippen molar-refractivity contribution in [1.29, 1.82) is 0 Å². The molecule has 0 saturated carbocycles. The minimum atomic E-state index is -3.42. The summed E-state index contributed by atoms with van der Waals surface area (Å²) in [5.41, 5.74) is 0. The number of aliphatic hydroxyl groups excluding tert-OH is 1. The van der Waals surface area contributed by atoms with Crippen LogP contribution >= 0.6 is 11.8 Å². The van der Waals surface area contributed by atoms with Crippen molar-refractivity contribution in [2.24, 2.45) is 0 Å². The van der Waals surface area contributed by atoms with Crippen molar-refractivity contribution in [3.05, 3.63) is 24.3 Å². The molecule has 1 aromatic rings. The maximum Gasteiger partial charge on any atom is 0.243 e. The highest BCUT2D eigenvalue weighted by atomic mass is 32.2. The van der Waals surface area contributed by atoms with Crippen LogP contribution in [-0.2, 0) is 10.0 Å². The van der Waals surface area contributed by atoms with E-state index in [1.54, 1.807) is 18.2 Å². The molecule has 0 fully saturated rings. The first-order valence-corrected chi connectivity index (χ1v) is 8.00. The van der Waals surface area contributed by atoms with E-state index in [4.69, 9.17) is 5.11 Å². The lowest BCUT2D eigenvalue weighted by atomic mass is 10.3. The van der Waals surface area contributed by atoms with E-state index in [1.807, 2.05) is 13.0 Å². The number of rotatable bonds is 6. The number of hydrogen-bond donors (Lipinski definition) is 1. The predicted octanol–water partition coefficient (Wildman–Crippen LogP) is 1.80. The highest BCUT2D eigenvalue weighted by molar-refractivity contribution is 8.00. The highest BCUT2D eigenvalue weighted by Gasteiger charge is 2.21. The van der Waals surface area contributed by atoms with Crippen LogP contribution in [0.25, 0.3) is 0 Å². The molecule has 6 heteroatoms. The SMILES string of the molecule is CC(CCO)Sc1ccccc1S(=O)(=O)N(C)C. The van der Waals surface area contributed by atoms with Crippen molar-refractivity contribution in [3.8, 4) is 0 Å². The van der Waals surface area contributed by atoms with Gasteiger partial charge < -0.3 is 5.11 Å². The summed E-state index contributed by atoms with van der Waals surface area (Å²) in [6.07, 6.45) is 0.640. The lowest BCUT2D eigenvalue weighted by molar-refractivity contribution is 0.289. The summed E-state index contributed by atoms with van der Waals surface area (Å²) < 4.78 is 25.5. The molecule has 0 radical (unpaired) electrons. The molecular weight excluding hydrogens is 270 g/mol. The van der Waals surface area contributed by atoms with Gasteiger partial charge in [0.25, 0.3) is 0 Å². The molecule has 0 aliphatic carbocycles. The fraction of sp³-hybridized carbons (Fsp3) is 0.500. The summed E-state index contributed by atoms with van der Waals surface area (Å²) in [6, 6.07) is 6.96. The monoisotopic (exact) mass is 289 g/mol. The maximum absolute atomic E-state index is 12.2. The molecule has 1 unspecified atom stereocenters. The molecule has 0 amide bonds. The van der Waals surface area contributed by atoms with Crippen molar-refractivity contribution in [2.75, 3.05) is 20.7 Å². The Kier molecular flexibility index (Phi) is 5.65. The fourth-order valence-corrected chi connectivity index (χ4v) is 3.84. The smallest absolute Gasteiger partial charge is 0.243 e. The van der Waals surface area contributed by atoms with E-state index >= 15 is 0 Å². The average molecular weight is 289 g/mol. The number of thioether (sulfide) groups is 1. The van der Waals surface area contributed by atoms with Crippen molar-refractivity contribution < 1.29 is 13.5 Å². The molecular formula is C12H19NO3S2. The van der Waals surface area contributed by atoms with Crippen LogP contribution in [0.2, 0.25) is 0 Å². The molecule has 18 heavy (non-hydrogen) atoms. The Morgan fingerprint density at radius 2 is 1.94 bits per heavy atom. The van der Waals surface area contributed by atoms with Gasteiger partial charge in [0.15, 0.2) is 0 Å². The molecule has 0 aliphatic rings. The van der Waals surface area contributed by atoms with Crippen molar-refractivity contribution in [3.63, 3.8) is 0 Å². The van der Waals surface area contributed by atoms with Gasteiger partial charge in [0, 0.05) is 30.8 Å². The van der Waals surface area contributed by atoms with Gasteiger partial charge in [-0.25, -0.2) is 12.7 Å². The highest BCUT2D eigenvalue weighted by Crippen LogP contribution is 2.31. The number of aliphatic hydroxyl groups is 1. The summed E-state index contributed by atoms with van der Waals surface area (Å²) in [7, 11) is -0.375. The molecule has 102 valence electrons. The van der Waals surface area contributed by atoms with Gasteiger partial charge in [0.2, 0.25) is 10.0 Å². The second-order valence-corrected chi connectivity index (χ2v) is 7.78. The number of benzene rings is 1. The Bertz CT molecular complexity index is 486. The number of nitrogens with zero attached hydrogens (tertiary/aromatic N) is 1. The molecule has 0 spiro atoms. The van der Waals surface area contributed by atoms with E-state index in [1.165, 1.54) is 30.2 Å². The Morgan fingerprint density at radius 3 is 2.50 bits per heavy atom. The zero-order valence-corrected chi connectivity index (χ0v) is 12.5. The van der Waals surface area contributed by atoms with Gasteiger partial charge >= 0.3 is 0 Å². The van der Waals surface area contributed by atoms with Crippen molar-refractivity contribution >= 4 is 21.8 Å². The topological polar surface area (TPSA) is 57.6 Å². The standard InChI is InChI=1S/C12H19NO3S2/c1-10(8-9-14)17-11-6-4-5-7-12(11)18(15,16)13(2)3/h4-7,10,14H,8-9H2,1-3H3.